The summed E-state index contributed by atoms with van der Waals surface area (Å²) in [4.78, 5) is 3.13. The summed E-state index contributed by atoms with van der Waals surface area (Å²) in [7, 11) is 0. The minimum atomic E-state index is -0.632. The number of H-pyrrole nitrogens is 1. The lowest BCUT2D eigenvalue weighted by Crippen LogP contribution is -2.36. The number of benzene rings is 2. The number of nitrogens with zero attached hydrogens (tertiary/aromatic N) is 3. The van der Waals surface area contributed by atoms with Gasteiger partial charge in [-0.3, -0.25) is 4.57 Å². The van der Waals surface area contributed by atoms with E-state index in [0.29, 0.717) is 50.6 Å². The first-order chi connectivity index (χ1) is 15.3. The molecule has 0 saturated carbocycles. The first kappa shape index (κ1) is 20.2. The Kier molecular flexibility index (Phi) is 4.36. The van der Waals surface area contributed by atoms with Gasteiger partial charge < -0.3 is 15.4 Å². The average molecular weight is 433 g/mol. The summed E-state index contributed by atoms with van der Waals surface area (Å²) in [6, 6.07) is 4.11. The Morgan fingerprint density at radius 2 is 1.97 bits per heavy atom. The summed E-state index contributed by atoms with van der Waals surface area (Å²) >= 11 is 0. The van der Waals surface area contributed by atoms with Gasteiger partial charge in [-0.05, 0) is 51.5 Å². The number of aromatic nitrogens is 4. The minimum absolute atomic E-state index is 0.260. The van der Waals surface area contributed by atoms with Crippen molar-refractivity contribution in [1.82, 2.24) is 19.7 Å². The smallest absolute Gasteiger partial charge is 0.163 e. The van der Waals surface area contributed by atoms with E-state index < -0.39 is 17.2 Å². The molecular weight excluding hydrogens is 412 g/mol. The van der Waals surface area contributed by atoms with Gasteiger partial charge in [0, 0.05) is 28.3 Å². The van der Waals surface area contributed by atoms with Gasteiger partial charge in [0.1, 0.15) is 18.2 Å². The predicted molar refractivity (Wildman–Crippen MR) is 118 cm³/mol. The normalized spacial score (nSPS) is 13.8. The molecule has 0 aliphatic carbocycles. The molecule has 1 aliphatic rings. The van der Waals surface area contributed by atoms with Crippen LogP contribution in [0.4, 0.5) is 14.5 Å². The van der Waals surface area contributed by atoms with E-state index in [0.717, 1.165) is 0 Å². The monoisotopic (exact) mass is 433 g/mol. The number of aliphatic hydroxyl groups is 1. The van der Waals surface area contributed by atoms with Crippen LogP contribution >= 0.6 is 0 Å². The maximum absolute atomic E-state index is 15.6. The number of anilines is 1. The van der Waals surface area contributed by atoms with Crippen LogP contribution in [-0.2, 0) is 12.1 Å². The van der Waals surface area contributed by atoms with Gasteiger partial charge in [-0.1, -0.05) is 5.92 Å². The summed E-state index contributed by atoms with van der Waals surface area (Å²) in [6.07, 6.45) is 1.70. The molecule has 0 amide bonds. The maximum Gasteiger partial charge on any atom is 0.163 e. The second-order valence-electron chi connectivity index (χ2n) is 8.39. The van der Waals surface area contributed by atoms with Crippen molar-refractivity contribution in [1.29, 1.82) is 0 Å². The summed E-state index contributed by atoms with van der Waals surface area (Å²) in [5.41, 5.74) is 3.02. The van der Waals surface area contributed by atoms with Gasteiger partial charge >= 0.3 is 0 Å². The van der Waals surface area contributed by atoms with E-state index in [4.69, 9.17) is 0 Å². The average Bonchev–Trinajstić information content (AvgIpc) is 3.32. The third-order valence-corrected chi connectivity index (χ3v) is 5.88. The maximum atomic E-state index is 15.6. The molecular formula is C24H21F2N5O. The molecule has 6 nitrogen and oxygen atoms in total. The SMILES string of the molecule is CC#Cc1c[nH]c2c(-c3c(F)cc4c(c3C)-n3c(CO)nnc3C(C)(C)N4)cc(F)cc12. The van der Waals surface area contributed by atoms with Crippen molar-refractivity contribution in [2.75, 3.05) is 5.32 Å². The van der Waals surface area contributed by atoms with Crippen molar-refractivity contribution in [2.24, 2.45) is 0 Å². The van der Waals surface area contributed by atoms with E-state index in [2.05, 4.69) is 32.3 Å². The molecule has 2 aromatic carbocycles. The zero-order valence-electron chi connectivity index (χ0n) is 18.1. The first-order valence-electron chi connectivity index (χ1n) is 10.2. The molecule has 0 unspecified atom stereocenters. The number of hydrogen-bond acceptors (Lipinski definition) is 4. The highest BCUT2D eigenvalue weighted by Gasteiger charge is 2.37. The lowest BCUT2D eigenvalue weighted by Gasteiger charge is -2.35. The second-order valence-corrected chi connectivity index (χ2v) is 8.39. The minimum Gasteiger partial charge on any atom is -0.388 e. The van der Waals surface area contributed by atoms with Gasteiger partial charge in [-0.2, -0.15) is 0 Å². The number of fused-ring (bicyclic) bond motifs is 4. The van der Waals surface area contributed by atoms with Gasteiger partial charge in [-0.25, -0.2) is 8.78 Å². The highest BCUT2D eigenvalue weighted by atomic mass is 19.1. The molecule has 0 radical (unpaired) electrons. The zero-order chi connectivity index (χ0) is 22.8. The summed E-state index contributed by atoms with van der Waals surface area (Å²) < 4.78 is 32.0. The van der Waals surface area contributed by atoms with E-state index >= 15 is 4.39 Å². The molecule has 8 heteroatoms. The van der Waals surface area contributed by atoms with Crippen LogP contribution in [0.1, 0.15) is 43.5 Å². The van der Waals surface area contributed by atoms with Gasteiger partial charge in [0.25, 0.3) is 0 Å². The van der Waals surface area contributed by atoms with Gasteiger partial charge in [-0.15, -0.1) is 16.1 Å². The lowest BCUT2D eigenvalue weighted by molar-refractivity contribution is 0.268. The molecule has 1 aliphatic heterocycles. The first-order valence-corrected chi connectivity index (χ1v) is 10.2. The van der Waals surface area contributed by atoms with Crippen LogP contribution in [0.15, 0.2) is 24.4 Å². The fourth-order valence-corrected chi connectivity index (χ4v) is 4.56. The number of rotatable bonds is 2. The van der Waals surface area contributed by atoms with Crippen LogP contribution in [0.3, 0.4) is 0 Å². The number of aromatic amines is 1. The van der Waals surface area contributed by atoms with E-state index in [1.165, 1.54) is 18.2 Å². The van der Waals surface area contributed by atoms with E-state index in [9.17, 15) is 9.50 Å². The molecule has 3 N–H and O–H groups in total. The molecule has 0 saturated heterocycles. The van der Waals surface area contributed by atoms with Crippen LogP contribution in [0.5, 0.6) is 0 Å². The van der Waals surface area contributed by atoms with Crippen molar-refractivity contribution in [3.8, 4) is 28.7 Å². The largest absolute Gasteiger partial charge is 0.388 e. The molecule has 0 bridgehead atoms. The van der Waals surface area contributed by atoms with Crippen molar-refractivity contribution in [2.45, 2.75) is 39.8 Å². The van der Waals surface area contributed by atoms with Gasteiger partial charge in [0.15, 0.2) is 11.6 Å². The van der Waals surface area contributed by atoms with E-state index in [1.807, 2.05) is 13.8 Å². The number of aliphatic hydroxyl groups excluding tert-OH is 1. The molecule has 32 heavy (non-hydrogen) atoms. The van der Waals surface area contributed by atoms with Crippen molar-refractivity contribution < 1.29 is 13.9 Å². The highest BCUT2D eigenvalue weighted by Crippen LogP contribution is 2.44. The second kappa shape index (κ2) is 6.90. The summed E-state index contributed by atoms with van der Waals surface area (Å²) in [5, 5.41) is 22.1. The fourth-order valence-electron chi connectivity index (χ4n) is 4.56. The Hall–Kier alpha value is -3.70. The zero-order valence-corrected chi connectivity index (χ0v) is 18.1. The highest BCUT2D eigenvalue weighted by molar-refractivity contribution is 5.99. The quantitative estimate of drug-likeness (QED) is 0.406. The fraction of sp³-hybridized carbons (Fsp3) is 0.250. The van der Waals surface area contributed by atoms with Crippen LogP contribution in [0.25, 0.3) is 27.7 Å². The molecule has 0 spiro atoms. The Labute approximate surface area is 183 Å². The predicted octanol–water partition coefficient (Wildman–Crippen LogP) is 4.53. The van der Waals surface area contributed by atoms with Crippen LogP contribution in [0.2, 0.25) is 0 Å². The standard InChI is InChI=1S/C24H21F2N5O/c1-5-6-13-10-27-21-15(13)7-14(25)8-16(21)20-12(2)22-18(9-17(20)26)28-24(3,4)23-30-29-19(11-32)31(22)23/h7-10,27-28,32H,11H2,1-4H3. The van der Waals surface area contributed by atoms with Crippen molar-refractivity contribution in [3.63, 3.8) is 0 Å². The van der Waals surface area contributed by atoms with Crippen LogP contribution in [-0.4, -0.2) is 24.9 Å². The lowest BCUT2D eigenvalue weighted by atomic mass is 9.92. The third-order valence-electron chi connectivity index (χ3n) is 5.88. The molecule has 0 fully saturated rings. The van der Waals surface area contributed by atoms with Gasteiger partial charge in [0.2, 0.25) is 0 Å². The van der Waals surface area contributed by atoms with Crippen LogP contribution < -0.4 is 5.32 Å². The van der Waals surface area contributed by atoms with Crippen molar-refractivity contribution >= 4 is 16.6 Å². The molecule has 4 aromatic rings. The molecule has 3 heterocycles. The topological polar surface area (TPSA) is 78.8 Å². The molecule has 162 valence electrons. The Morgan fingerprint density at radius 3 is 2.69 bits per heavy atom. The Morgan fingerprint density at radius 1 is 1.19 bits per heavy atom. The Balaban J connectivity index is 1.85. The number of halogens is 2. The molecule has 2 aromatic heterocycles. The third kappa shape index (κ3) is 2.75. The van der Waals surface area contributed by atoms with Crippen molar-refractivity contribution in [3.05, 3.63) is 58.8 Å². The Bertz CT molecular complexity index is 1470. The van der Waals surface area contributed by atoms with Crippen LogP contribution in [0, 0.1) is 30.4 Å². The summed E-state index contributed by atoms with van der Waals surface area (Å²) in [5.74, 6) is 5.74. The molecule has 5 rings (SSSR count). The molecule has 0 atom stereocenters. The van der Waals surface area contributed by atoms with E-state index in [-0.39, 0.29) is 12.2 Å². The summed E-state index contributed by atoms with van der Waals surface area (Å²) in [6.45, 7) is 6.97. The van der Waals surface area contributed by atoms with E-state index in [1.54, 1.807) is 24.6 Å². The van der Waals surface area contributed by atoms with Gasteiger partial charge in [0.05, 0.1) is 22.4 Å². The number of nitrogens with one attached hydrogen (secondary N) is 2. The number of hydrogen-bond donors (Lipinski definition) is 3.